The van der Waals surface area contributed by atoms with E-state index in [1.54, 1.807) is 6.07 Å². The fraction of sp³-hybridized carbons (Fsp3) is 0.364. The Bertz CT molecular complexity index is 353. The minimum Gasteiger partial charge on any atom is -0.298 e. The van der Waals surface area contributed by atoms with Crippen molar-refractivity contribution in [2.45, 2.75) is 25.2 Å². The van der Waals surface area contributed by atoms with Gasteiger partial charge in [-0.2, -0.15) is 0 Å². The second-order valence-corrected chi connectivity index (χ2v) is 3.91. The van der Waals surface area contributed by atoms with Crippen LogP contribution in [0, 0.1) is 5.82 Å². The lowest BCUT2D eigenvalue weighted by molar-refractivity contribution is 0.112. The van der Waals surface area contributed by atoms with Crippen LogP contribution in [0.1, 0.15) is 35.7 Å². The van der Waals surface area contributed by atoms with Gasteiger partial charge in [0, 0.05) is 5.56 Å². The lowest BCUT2D eigenvalue weighted by Gasteiger charge is -2.11. The first-order chi connectivity index (χ1) is 6.15. The molecule has 0 amide bonds. The molecule has 1 nitrogen and oxygen atoms in total. The van der Waals surface area contributed by atoms with E-state index in [9.17, 15) is 9.18 Å². The molecule has 0 aromatic heterocycles. The summed E-state index contributed by atoms with van der Waals surface area (Å²) in [4.78, 5) is 10.7. The molecule has 0 aliphatic heterocycles. The first kappa shape index (κ1) is 8.42. The topological polar surface area (TPSA) is 17.1 Å². The highest BCUT2D eigenvalue weighted by atomic mass is 19.1. The predicted octanol–water partition coefficient (Wildman–Crippen LogP) is 2.69. The zero-order valence-corrected chi connectivity index (χ0v) is 7.51. The molecular formula is C11H11FO. The molecule has 0 radical (unpaired) electrons. The Morgan fingerprint density at radius 3 is 2.69 bits per heavy atom. The maximum absolute atomic E-state index is 12.9. The molecule has 0 saturated heterocycles. The number of benzene rings is 1. The van der Waals surface area contributed by atoms with Crippen LogP contribution < -0.4 is 0 Å². The van der Waals surface area contributed by atoms with Crippen molar-refractivity contribution in [2.24, 2.45) is 0 Å². The van der Waals surface area contributed by atoms with Crippen LogP contribution in [-0.2, 0) is 5.41 Å². The summed E-state index contributed by atoms with van der Waals surface area (Å²) in [5, 5.41) is 0. The van der Waals surface area contributed by atoms with Gasteiger partial charge in [-0.25, -0.2) is 4.39 Å². The monoisotopic (exact) mass is 178 g/mol. The van der Waals surface area contributed by atoms with Gasteiger partial charge in [0.05, 0.1) is 0 Å². The molecule has 0 spiro atoms. The summed E-state index contributed by atoms with van der Waals surface area (Å²) in [6, 6.07) is 4.37. The van der Waals surface area contributed by atoms with Gasteiger partial charge in [0.15, 0.2) is 0 Å². The summed E-state index contributed by atoms with van der Waals surface area (Å²) in [6.07, 6.45) is 2.91. The Labute approximate surface area is 76.6 Å². The Morgan fingerprint density at radius 2 is 2.15 bits per heavy atom. The van der Waals surface area contributed by atoms with Gasteiger partial charge in [0.2, 0.25) is 0 Å². The lowest BCUT2D eigenvalue weighted by Crippen LogP contribution is -2.04. The van der Waals surface area contributed by atoms with E-state index >= 15 is 0 Å². The van der Waals surface area contributed by atoms with Gasteiger partial charge in [-0.05, 0) is 42.0 Å². The molecule has 1 aliphatic rings. The molecule has 1 fully saturated rings. The van der Waals surface area contributed by atoms with Gasteiger partial charge >= 0.3 is 0 Å². The zero-order chi connectivity index (χ0) is 9.47. The van der Waals surface area contributed by atoms with Gasteiger partial charge in [-0.1, -0.05) is 6.92 Å². The smallest absolute Gasteiger partial charge is 0.150 e. The van der Waals surface area contributed by atoms with E-state index in [-0.39, 0.29) is 11.2 Å². The van der Waals surface area contributed by atoms with Crippen molar-refractivity contribution in [2.75, 3.05) is 0 Å². The van der Waals surface area contributed by atoms with Gasteiger partial charge < -0.3 is 0 Å². The number of hydrogen-bond acceptors (Lipinski definition) is 1. The van der Waals surface area contributed by atoms with Crippen LogP contribution in [0.15, 0.2) is 18.2 Å². The van der Waals surface area contributed by atoms with Crippen molar-refractivity contribution in [1.82, 2.24) is 0 Å². The molecule has 0 atom stereocenters. The van der Waals surface area contributed by atoms with E-state index in [1.807, 2.05) is 0 Å². The Kier molecular flexibility index (Phi) is 1.72. The van der Waals surface area contributed by atoms with Gasteiger partial charge in [-0.15, -0.1) is 0 Å². The Hall–Kier alpha value is -1.18. The van der Waals surface area contributed by atoms with Crippen LogP contribution in [0.2, 0.25) is 0 Å². The summed E-state index contributed by atoms with van der Waals surface area (Å²) in [5.41, 5.74) is 1.54. The molecule has 0 N–H and O–H groups in total. The average molecular weight is 178 g/mol. The van der Waals surface area contributed by atoms with Gasteiger partial charge in [0.1, 0.15) is 12.1 Å². The maximum atomic E-state index is 12.9. The second-order valence-electron chi connectivity index (χ2n) is 3.91. The highest BCUT2D eigenvalue weighted by Gasteiger charge is 2.40. The molecule has 0 bridgehead atoms. The van der Waals surface area contributed by atoms with Crippen LogP contribution in [0.3, 0.4) is 0 Å². The first-order valence-corrected chi connectivity index (χ1v) is 4.41. The number of hydrogen-bond donors (Lipinski definition) is 0. The fourth-order valence-electron chi connectivity index (χ4n) is 1.61. The van der Waals surface area contributed by atoms with Crippen LogP contribution in [0.4, 0.5) is 4.39 Å². The lowest BCUT2D eigenvalue weighted by atomic mass is 9.93. The summed E-state index contributed by atoms with van der Waals surface area (Å²) in [5.74, 6) is -0.256. The van der Waals surface area contributed by atoms with Gasteiger partial charge in [-0.3, -0.25) is 4.79 Å². The second kappa shape index (κ2) is 2.66. The van der Waals surface area contributed by atoms with Crippen molar-refractivity contribution in [3.63, 3.8) is 0 Å². The number of aldehydes is 1. The van der Waals surface area contributed by atoms with E-state index in [1.165, 1.54) is 12.1 Å². The van der Waals surface area contributed by atoms with Crippen molar-refractivity contribution in [3.05, 3.63) is 35.1 Å². The molecule has 0 unspecified atom stereocenters. The molecule has 1 aliphatic carbocycles. The number of carbonyl (C=O) groups is 1. The SMILES string of the molecule is CC1(c2cc(F)ccc2C=O)CC1. The predicted molar refractivity (Wildman–Crippen MR) is 48.4 cm³/mol. The number of rotatable bonds is 2. The van der Waals surface area contributed by atoms with Crippen LogP contribution in [0.25, 0.3) is 0 Å². The third-order valence-electron chi connectivity index (χ3n) is 2.79. The summed E-state index contributed by atoms with van der Waals surface area (Å²) < 4.78 is 12.9. The van der Waals surface area contributed by atoms with Crippen molar-refractivity contribution in [3.8, 4) is 0 Å². The normalized spacial score (nSPS) is 18.3. The molecule has 2 heteroatoms. The molecule has 1 aromatic carbocycles. The highest BCUT2D eigenvalue weighted by molar-refractivity contribution is 5.78. The molecule has 1 aromatic rings. The molecule has 68 valence electrons. The molecular weight excluding hydrogens is 167 g/mol. The summed E-state index contributed by atoms with van der Waals surface area (Å²) >= 11 is 0. The summed E-state index contributed by atoms with van der Waals surface area (Å²) in [7, 11) is 0. The molecule has 0 heterocycles. The Balaban J connectivity index is 2.52. The van der Waals surface area contributed by atoms with Crippen molar-refractivity contribution < 1.29 is 9.18 Å². The number of carbonyl (C=O) groups excluding carboxylic acids is 1. The number of halogens is 1. The zero-order valence-electron chi connectivity index (χ0n) is 7.51. The third-order valence-corrected chi connectivity index (χ3v) is 2.79. The standard InChI is InChI=1S/C11H11FO/c1-11(4-5-11)10-6-9(12)3-2-8(10)7-13/h2-3,6-7H,4-5H2,1H3. The molecule has 13 heavy (non-hydrogen) atoms. The highest BCUT2D eigenvalue weighted by Crippen LogP contribution is 2.48. The van der Waals surface area contributed by atoms with Crippen molar-refractivity contribution >= 4 is 6.29 Å². The van der Waals surface area contributed by atoms with E-state index in [0.29, 0.717) is 5.56 Å². The van der Waals surface area contributed by atoms with E-state index in [4.69, 9.17) is 0 Å². The minimum absolute atomic E-state index is 0.0539. The quantitative estimate of drug-likeness (QED) is 0.636. The maximum Gasteiger partial charge on any atom is 0.150 e. The fourth-order valence-corrected chi connectivity index (χ4v) is 1.61. The van der Waals surface area contributed by atoms with Crippen LogP contribution in [0.5, 0.6) is 0 Å². The first-order valence-electron chi connectivity index (χ1n) is 4.41. The molecule has 1 saturated carbocycles. The molecule has 2 rings (SSSR count). The van der Waals surface area contributed by atoms with E-state index in [0.717, 1.165) is 24.7 Å². The third kappa shape index (κ3) is 1.37. The largest absolute Gasteiger partial charge is 0.298 e. The van der Waals surface area contributed by atoms with Crippen molar-refractivity contribution in [1.29, 1.82) is 0 Å². The Morgan fingerprint density at radius 1 is 1.46 bits per heavy atom. The van der Waals surface area contributed by atoms with E-state index in [2.05, 4.69) is 6.92 Å². The van der Waals surface area contributed by atoms with Crippen LogP contribution in [-0.4, -0.2) is 6.29 Å². The average Bonchev–Trinajstić information content (AvgIpc) is 2.85. The minimum atomic E-state index is -0.256. The van der Waals surface area contributed by atoms with E-state index < -0.39 is 0 Å². The summed E-state index contributed by atoms with van der Waals surface area (Å²) in [6.45, 7) is 2.06. The van der Waals surface area contributed by atoms with Crippen LogP contribution >= 0.6 is 0 Å². The van der Waals surface area contributed by atoms with Gasteiger partial charge in [0.25, 0.3) is 0 Å².